The van der Waals surface area contributed by atoms with Crippen LogP contribution in [0.3, 0.4) is 0 Å². The Hall–Kier alpha value is -2.48. The van der Waals surface area contributed by atoms with Gasteiger partial charge in [-0.1, -0.05) is 36.4 Å². The number of nitrogens with one attached hydrogen (secondary N) is 1. The second-order valence-corrected chi connectivity index (χ2v) is 4.75. The minimum absolute atomic E-state index is 0.887. The lowest BCUT2D eigenvalue weighted by molar-refractivity contribution is 0.419. The van der Waals surface area contributed by atoms with Gasteiger partial charge in [-0.3, -0.25) is 0 Å². The number of ether oxygens (including phenoxy) is 1. The van der Waals surface area contributed by atoms with Crippen LogP contribution >= 0.6 is 0 Å². The molecular weight excluding hydrogens is 234 g/mol. The van der Waals surface area contributed by atoms with Crippen LogP contribution in [0.1, 0.15) is 0 Å². The third-order valence-electron chi connectivity index (χ3n) is 3.68. The molecule has 0 aliphatic carbocycles. The SMILES string of the molecule is COc1cccc2c1[nH]c1cc3ccccc3cc12. The zero-order valence-electron chi connectivity index (χ0n) is 10.6. The van der Waals surface area contributed by atoms with Crippen molar-refractivity contribution in [1.82, 2.24) is 4.98 Å². The van der Waals surface area contributed by atoms with Crippen LogP contribution in [0.15, 0.2) is 54.6 Å². The van der Waals surface area contributed by atoms with Gasteiger partial charge in [-0.15, -0.1) is 0 Å². The van der Waals surface area contributed by atoms with Gasteiger partial charge in [-0.05, 0) is 29.0 Å². The highest BCUT2D eigenvalue weighted by Gasteiger charge is 2.08. The summed E-state index contributed by atoms with van der Waals surface area (Å²) in [5, 5.41) is 4.96. The molecule has 0 saturated heterocycles. The molecule has 0 saturated carbocycles. The summed E-state index contributed by atoms with van der Waals surface area (Å²) in [6, 6.07) is 19.0. The molecule has 0 radical (unpaired) electrons. The molecule has 4 aromatic rings. The van der Waals surface area contributed by atoms with Crippen molar-refractivity contribution >= 4 is 32.6 Å². The molecule has 0 aliphatic rings. The number of hydrogen-bond acceptors (Lipinski definition) is 1. The lowest BCUT2D eigenvalue weighted by Crippen LogP contribution is -1.82. The Labute approximate surface area is 110 Å². The highest BCUT2D eigenvalue weighted by molar-refractivity contribution is 6.13. The molecule has 0 atom stereocenters. The molecule has 0 bridgehead atoms. The van der Waals surface area contributed by atoms with Crippen molar-refractivity contribution in [2.45, 2.75) is 0 Å². The molecule has 0 spiro atoms. The van der Waals surface area contributed by atoms with Gasteiger partial charge < -0.3 is 9.72 Å². The van der Waals surface area contributed by atoms with Crippen LogP contribution < -0.4 is 4.74 Å². The van der Waals surface area contributed by atoms with Crippen molar-refractivity contribution < 1.29 is 4.74 Å². The number of aromatic nitrogens is 1. The van der Waals surface area contributed by atoms with E-state index in [1.165, 1.54) is 21.5 Å². The number of para-hydroxylation sites is 1. The average molecular weight is 247 g/mol. The molecule has 1 aromatic heterocycles. The van der Waals surface area contributed by atoms with Crippen LogP contribution in [-0.4, -0.2) is 12.1 Å². The number of hydrogen-bond donors (Lipinski definition) is 1. The summed E-state index contributed by atoms with van der Waals surface area (Å²) in [6.45, 7) is 0. The molecule has 0 fully saturated rings. The lowest BCUT2D eigenvalue weighted by Gasteiger charge is -2.00. The van der Waals surface area contributed by atoms with Crippen LogP contribution in [-0.2, 0) is 0 Å². The maximum atomic E-state index is 5.42. The van der Waals surface area contributed by atoms with Crippen LogP contribution in [0.5, 0.6) is 5.75 Å². The largest absolute Gasteiger partial charge is 0.495 e. The van der Waals surface area contributed by atoms with Gasteiger partial charge in [0.25, 0.3) is 0 Å². The summed E-state index contributed by atoms with van der Waals surface area (Å²) in [7, 11) is 1.71. The Balaban J connectivity index is 2.22. The molecule has 4 rings (SSSR count). The van der Waals surface area contributed by atoms with Crippen LogP contribution in [0.4, 0.5) is 0 Å². The van der Waals surface area contributed by atoms with Gasteiger partial charge >= 0.3 is 0 Å². The van der Waals surface area contributed by atoms with Gasteiger partial charge in [0.15, 0.2) is 0 Å². The van der Waals surface area contributed by atoms with Crippen molar-refractivity contribution in [3.8, 4) is 5.75 Å². The van der Waals surface area contributed by atoms with Crippen molar-refractivity contribution in [2.24, 2.45) is 0 Å². The summed E-state index contributed by atoms with van der Waals surface area (Å²) in [5.74, 6) is 0.887. The second-order valence-electron chi connectivity index (χ2n) is 4.75. The molecule has 0 unspecified atom stereocenters. The first-order valence-corrected chi connectivity index (χ1v) is 6.34. The smallest absolute Gasteiger partial charge is 0.142 e. The third kappa shape index (κ3) is 1.43. The Bertz CT molecular complexity index is 905. The van der Waals surface area contributed by atoms with E-state index in [0.717, 1.165) is 16.8 Å². The molecular formula is C17H13NO. The summed E-state index contributed by atoms with van der Waals surface area (Å²) in [6.07, 6.45) is 0. The monoisotopic (exact) mass is 247 g/mol. The van der Waals surface area contributed by atoms with E-state index in [4.69, 9.17) is 4.74 Å². The first-order chi connectivity index (χ1) is 9.36. The summed E-state index contributed by atoms with van der Waals surface area (Å²) >= 11 is 0. The van der Waals surface area contributed by atoms with Gasteiger partial charge in [0.2, 0.25) is 0 Å². The molecule has 2 heteroatoms. The third-order valence-corrected chi connectivity index (χ3v) is 3.68. The van der Waals surface area contributed by atoms with Crippen LogP contribution in [0, 0.1) is 0 Å². The minimum Gasteiger partial charge on any atom is -0.495 e. The van der Waals surface area contributed by atoms with Crippen LogP contribution in [0.25, 0.3) is 32.6 Å². The van der Waals surface area contributed by atoms with E-state index < -0.39 is 0 Å². The van der Waals surface area contributed by atoms with E-state index in [1.54, 1.807) is 7.11 Å². The summed E-state index contributed by atoms with van der Waals surface area (Å²) in [5.41, 5.74) is 2.22. The first kappa shape index (κ1) is 10.4. The summed E-state index contributed by atoms with van der Waals surface area (Å²) < 4.78 is 5.42. The molecule has 3 aromatic carbocycles. The number of H-pyrrole nitrogens is 1. The normalized spacial score (nSPS) is 11.4. The van der Waals surface area contributed by atoms with E-state index in [9.17, 15) is 0 Å². The fraction of sp³-hybridized carbons (Fsp3) is 0.0588. The minimum atomic E-state index is 0.887. The Morgan fingerprint density at radius 1 is 0.842 bits per heavy atom. The van der Waals surface area contributed by atoms with Crippen LogP contribution in [0.2, 0.25) is 0 Å². The maximum absolute atomic E-state index is 5.42. The maximum Gasteiger partial charge on any atom is 0.142 e. The highest BCUT2D eigenvalue weighted by Crippen LogP contribution is 2.33. The Morgan fingerprint density at radius 3 is 2.42 bits per heavy atom. The Morgan fingerprint density at radius 2 is 1.63 bits per heavy atom. The van der Waals surface area contributed by atoms with Gasteiger partial charge in [0.1, 0.15) is 5.75 Å². The molecule has 1 heterocycles. The molecule has 1 N–H and O–H groups in total. The van der Waals surface area contributed by atoms with Gasteiger partial charge in [0.05, 0.1) is 12.6 Å². The van der Waals surface area contributed by atoms with Gasteiger partial charge in [-0.25, -0.2) is 0 Å². The number of methoxy groups -OCH3 is 1. The zero-order valence-corrected chi connectivity index (χ0v) is 10.6. The van der Waals surface area contributed by atoms with Crippen molar-refractivity contribution in [3.05, 3.63) is 54.6 Å². The standard InChI is InChI=1S/C17H13NO/c1-19-16-8-4-7-13-14-9-11-5-2-3-6-12(11)10-15(14)18-17(13)16/h2-10,18H,1H3. The van der Waals surface area contributed by atoms with Crippen molar-refractivity contribution in [2.75, 3.05) is 7.11 Å². The molecule has 0 amide bonds. The fourth-order valence-electron chi connectivity index (χ4n) is 2.76. The zero-order chi connectivity index (χ0) is 12.8. The predicted molar refractivity (Wildman–Crippen MR) is 79.9 cm³/mol. The molecule has 0 aliphatic heterocycles. The number of benzene rings is 3. The van der Waals surface area contributed by atoms with E-state index >= 15 is 0 Å². The van der Waals surface area contributed by atoms with Gasteiger partial charge in [0, 0.05) is 16.3 Å². The number of aromatic amines is 1. The second kappa shape index (κ2) is 3.75. The van der Waals surface area contributed by atoms with Crippen molar-refractivity contribution in [1.29, 1.82) is 0 Å². The van der Waals surface area contributed by atoms with E-state index in [1.807, 2.05) is 12.1 Å². The average Bonchev–Trinajstić information content (AvgIpc) is 2.82. The number of rotatable bonds is 1. The predicted octanol–water partition coefficient (Wildman–Crippen LogP) is 4.48. The van der Waals surface area contributed by atoms with E-state index in [2.05, 4.69) is 47.4 Å². The molecule has 92 valence electrons. The number of fused-ring (bicyclic) bond motifs is 4. The molecule has 2 nitrogen and oxygen atoms in total. The van der Waals surface area contributed by atoms with E-state index in [-0.39, 0.29) is 0 Å². The molecule has 19 heavy (non-hydrogen) atoms. The highest BCUT2D eigenvalue weighted by atomic mass is 16.5. The lowest BCUT2D eigenvalue weighted by atomic mass is 10.1. The van der Waals surface area contributed by atoms with Crippen molar-refractivity contribution in [3.63, 3.8) is 0 Å². The topological polar surface area (TPSA) is 25.0 Å². The van der Waals surface area contributed by atoms with Gasteiger partial charge in [-0.2, -0.15) is 0 Å². The summed E-state index contributed by atoms with van der Waals surface area (Å²) in [4.78, 5) is 3.46. The van der Waals surface area contributed by atoms with E-state index in [0.29, 0.717) is 0 Å². The Kier molecular flexibility index (Phi) is 2.06. The fourth-order valence-corrected chi connectivity index (χ4v) is 2.76. The first-order valence-electron chi connectivity index (χ1n) is 6.34. The quantitative estimate of drug-likeness (QED) is 0.527.